The van der Waals surface area contributed by atoms with Gasteiger partial charge in [0.2, 0.25) is 0 Å². The number of nitrogens with one attached hydrogen (secondary N) is 1. The van der Waals surface area contributed by atoms with Gasteiger partial charge in [-0.2, -0.15) is 5.26 Å². The van der Waals surface area contributed by atoms with E-state index in [4.69, 9.17) is 26.3 Å². The lowest BCUT2D eigenvalue weighted by Crippen LogP contribution is -2.31. The number of hydrogen-bond donors (Lipinski definition) is 1. The van der Waals surface area contributed by atoms with Crippen molar-refractivity contribution in [3.63, 3.8) is 0 Å². The topological polar surface area (TPSA) is 88.4 Å². The van der Waals surface area contributed by atoms with Gasteiger partial charge in [-0.3, -0.25) is 4.79 Å². The second kappa shape index (κ2) is 9.35. The van der Waals surface area contributed by atoms with Crippen molar-refractivity contribution in [1.29, 1.82) is 5.26 Å². The van der Waals surface area contributed by atoms with Crippen molar-refractivity contribution in [2.45, 2.75) is 13.0 Å². The molecule has 1 unspecified atom stereocenters. The zero-order valence-electron chi connectivity index (χ0n) is 14.0. The number of rotatable bonds is 6. The first kappa shape index (κ1) is 20.7. The average Bonchev–Trinajstić information content (AvgIpc) is 2.61. The second-order valence-electron chi connectivity index (χ2n) is 5.29. The van der Waals surface area contributed by atoms with Crippen molar-refractivity contribution in [2.75, 3.05) is 11.9 Å². The molecule has 2 aromatic rings. The summed E-state index contributed by atoms with van der Waals surface area (Å²) in [4.78, 5) is 23.9. The van der Waals surface area contributed by atoms with Gasteiger partial charge >= 0.3 is 5.97 Å². The minimum Gasteiger partial charge on any atom is -0.481 e. The van der Waals surface area contributed by atoms with Crippen LogP contribution in [-0.4, -0.2) is 24.6 Å². The SMILES string of the molecule is CC(OC(=O)COc1ccc(F)cc1Br)C(=O)Nc1ccc(C#N)c(Cl)c1. The van der Waals surface area contributed by atoms with Crippen LogP contribution in [0.5, 0.6) is 5.75 Å². The Bertz CT molecular complexity index is 917. The van der Waals surface area contributed by atoms with E-state index in [0.29, 0.717) is 10.2 Å². The molecule has 0 aliphatic heterocycles. The van der Waals surface area contributed by atoms with Crippen LogP contribution in [0.4, 0.5) is 10.1 Å². The van der Waals surface area contributed by atoms with Crippen LogP contribution in [0.2, 0.25) is 5.02 Å². The molecular weight excluding hydrogens is 443 g/mol. The number of nitriles is 1. The van der Waals surface area contributed by atoms with Gasteiger partial charge < -0.3 is 14.8 Å². The number of hydrogen-bond acceptors (Lipinski definition) is 5. The Kier molecular flexibility index (Phi) is 7.16. The van der Waals surface area contributed by atoms with Gasteiger partial charge in [0.05, 0.1) is 15.1 Å². The summed E-state index contributed by atoms with van der Waals surface area (Å²) in [6.45, 7) is 0.941. The predicted octanol–water partition coefficient (Wildman–Crippen LogP) is 4.06. The molecule has 1 amide bonds. The normalized spacial score (nSPS) is 11.2. The van der Waals surface area contributed by atoms with Crippen molar-refractivity contribution in [3.8, 4) is 11.8 Å². The van der Waals surface area contributed by atoms with Gasteiger partial charge in [0.1, 0.15) is 17.6 Å². The first-order valence-corrected chi connectivity index (χ1v) is 8.75. The maximum atomic E-state index is 13.0. The third-order valence-electron chi connectivity index (χ3n) is 3.27. The summed E-state index contributed by atoms with van der Waals surface area (Å²) in [5.74, 6) is -1.54. The Morgan fingerprint density at radius 3 is 2.70 bits per heavy atom. The molecule has 0 spiro atoms. The number of amides is 1. The van der Waals surface area contributed by atoms with E-state index >= 15 is 0 Å². The van der Waals surface area contributed by atoms with Gasteiger partial charge in [-0.05, 0) is 59.3 Å². The van der Waals surface area contributed by atoms with Crippen molar-refractivity contribution in [3.05, 3.63) is 57.3 Å². The van der Waals surface area contributed by atoms with Gasteiger partial charge in [0, 0.05) is 5.69 Å². The Morgan fingerprint density at radius 2 is 2.07 bits per heavy atom. The third kappa shape index (κ3) is 5.94. The van der Waals surface area contributed by atoms with E-state index in [1.54, 1.807) is 0 Å². The zero-order chi connectivity index (χ0) is 20.0. The summed E-state index contributed by atoms with van der Waals surface area (Å²) in [5, 5.41) is 11.6. The number of carbonyl (C=O) groups excluding carboxylic acids is 2. The highest BCUT2D eigenvalue weighted by molar-refractivity contribution is 9.10. The average molecular weight is 456 g/mol. The van der Waals surface area contributed by atoms with E-state index in [0.717, 1.165) is 0 Å². The van der Waals surface area contributed by atoms with Crippen LogP contribution >= 0.6 is 27.5 Å². The molecule has 0 aromatic heterocycles. The third-order valence-corrected chi connectivity index (χ3v) is 4.21. The van der Waals surface area contributed by atoms with Crippen molar-refractivity contribution in [2.24, 2.45) is 0 Å². The quantitative estimate of drug-likeness (QED) is 0.664. The van der Waals surface area contributed by atoms with Crippen LogP contribution in [0.15, 0.2) is 40.9 Å². The van der Waals surface area contributed by atoms with Gasteiger partial charge in [-0.1, -0.05) is 11.6 Å². The van der Waals surface area contributed by atoms with E-state index in [-0.39, 0.29) is 16.3 Å². The zero-order valence-corrected chi connectivity index (χ0v) is 16.3. The van der Waals surface area contributed by atoms with Crippen molar-refractivity contribution in [1.82, 2.24) is 0 Å². The fourth-order valence-electron chi connectivity index (χ4n) is 1.94. The summed E-state index contributed by atoms with van der Waals surface area (Å²) < 4.78 is 23.6. The molecule has 0 heterocycles. The number of carbonyl (C=O) groups is 2. The summed E-state index contributed by atoms with van der Waals surface area (Å²) in [6, 6.07) is 10.0. The number of benzene rings is 2. The van der Waals surface area contributed by atoms with Crippen molar-refractivity contribution < 1.29 is 23.5 Å². The van der Waals surface area contributed by atoms with Crippen LogP contribution < -0.4 is 10.1 Å². The Hall–Kier alpha value is -2.63. The van der Waals surface area contributed by atoms with E-state index in [9.17, 15) is 14.0 Å². The molecule has 6 nitrogen and oxygen atoms in total. The molecule has 9 heteroatoms. The van der Waals surface area contributed by atoms with E-state index in [1.165, 1.54) is 43.3 Å². The maximum absolute atomic E-state index is 13.0. The van der Waals surface area contributed by atoms with Crippen LogP contribution in [0, 0.1) is 17.1 Å². The van der Waals surface area contributed by atoms with Crippen LogP contribution in [-0.2, 0) is 14.3 Å². The van der Waals surface area contributed by atoms with Crippen LogP contribution in [0.25, 0.3) is 0 Å². The molecule has 2 rings (SSSR count). The van der Waals surface area contributed by atoms with Crippen LogP contribution in [0.3, 0.4) is 0 Å². The molecule has 0 fully saturated rings. The molecule has 0 aliphatic rings. The van der Waals surface area contributed by atoms with Gasteiger partial charge in [0.15, 0.2) is 12.7 Å². The lowest BCUT2D eigenvalue weighted by Gasteiger charge is -2.14. The first-order valence-electron chi connectivity index (χ1n) is 7.58. The highest BCUT2D eigenvalue weighted by atomic mass is 79.9. The molecule has 0 aliphatic carbocycles. The molecular formula is C18H13BrClFN2O4. The molecule has 0 saturated heterocycles. The predicted molar refractivity (Wildman–Crippen MR) is 99.9 cm³/mol. The molecule has 0 saturated carbocycles. The highest BCUT2D eigenvalue weighted by Crippen LogP contribution is 2.25. The lowest BCUT2D eigenvalue weighted by molar-refractivity contribution is -0.155. The smallest absolute Gasteiger partial charge is 0.344 e. The minimum absolute atomic E-state index is 0.193. The molecule has 1 atom stereocenters. The first-order chi connectivity index (χ1) is 12.8. The van der Waals surface area contributed by atoms with E-state index in [2.05, 4.69) is 21.2 Å². The fraction of sp³-hybridized carbons (Fsp3) is 0.167. The number of esters is 1. The largest absolute Gasteiger partial charge is 0.481 e. The number of nitrogens with zero attached hydrogens (tertiary/aromatic N) is 1. The Balaban J connectivity index is 1.87. The van der Waals surface area contributed by atoms with E-state index < -0.39 is 30.4 Å². The van der Waals surface area contributed by atoms with Gasteiger partial charge in [0.25, 0.3) is 5.91 Å². The summed E-state index contributed by atoms with van der Waals surface area (Å²) >= 11 is 9.01. The monoisotopic (exact) mass is 454 g/mol. The van der Waals surface area contributed by atoms with Crippen LogP contribution in [0.1, 0.15) is 12.5 Å². The summed E-state index contributed by atoms with van der Waals surface area (Å²) in [7, 11) is 0. The molecule has 0 radical (unpaired) electrons. The Labute approximate surface area is 168 Å². The minimum atomic E-state index is -1.09. The lowest BCUT2D eigenvalue weighted by atomic mass is 10.2. The van der Waals surface area contributed by atoms with Gasteiger partial charge in [-0.15, -0.1) is 0 Å². The number of ether oxygens (including phenoxy) is 2. The highest BCUT2D eigenvalue weighted by Gasteiger charge is 2.19. The molecule has 1 N–H and O–H groups in total. The second-order valence-corrected chi connectivity index (χ2v) is 6.55. The standard InChI is InChI=1S/C18H13BrClFN2O4/c1-10(18(25)23-13-4-2-11(8-22)15(20)7-13)27-17(24)9-26-16-5-3-12(21)6-14(16)19/h2-7,10H,9H2,1H3,(H,23,25). The molecule has 2 aromatic carbocycles. The fourth-order valence-corrected chi connectivity index (χ4v) is 2.63. The summed E-state index contributed by atoms with van der Waals surface area (Å²) in [6.07, 6.45) is -1.09. The maximum Gasteiger partial charge on any atom is 0.344 e. The molecule has 27 heavy (non-hydrogen) atoms. The molecule has 0 bridgehead atoms. The number of anilines is 1. The van der Waals surface area contributed by atoms with Gasteiger partial charge in [-0.25, -0.2) is 9.18 Å². The van der Waals surface area contributed by atoms with E-state index in [1.807, 2.05) is 6.07 Å². The summed E-state index contributed by atoms with van der Waals surface area (Å²) in [5.41, 5.74) is 0.636. The van der Waals surface area contributed by atoms with Crippen molar-refractivity contribution >= 4 is 45.1 Å². The molecule has 140 valence electrons. The Morgan fingerprint density at radius 1 is 1.33 bits per heavy atom. The number of halogens is 3.